The lowest BCUT2D eigenvalue weighted by Crippen LogP contribution is -2.30. The number of para-hydroxylation sites is 2. The number of fused-ring (bicyclic) bond motifs is 1. The van der Waals surface area contributed by atoms with Gasteiger partial charge in [-0.2, -0.15) is 4.31 Å². The number of ether oxygens (including phenoxy) is 1. The SMILES string of the molecule is COc1ccc(C(=O)NCCn2c(C)nc3ccccc32)cc1S(=O)(=O)N1CCCC1. The lowest BCUT2D eigenvalue weighted by Gasteiger charge is -2.18. The Labute approximate surface area is 181 Å². The molecular formula is C22H26N4O4S. The summed E-state index contributed by atoms with van der Waals surface area (Å²) in [5.74, 6) is 0.783. The zero-order valence-corrected chi connectivity index (χ0v) is 18.5. The maximum absolute atomic E-state index is 13.0. The van der Waals surface area contributed by atoms with E-state index in [-0.39, 0.29) is 22.1 Å². The van der Waals surface area contributed by atoms with Gasteiger partial charge in [0.2, 0.25) is 10.0 Å². The number of nitrogens with zero attached hydrogens (tertiary/aromatic N) is 3. The normalized spacial score (nSPS) is 14.8. The molecule has 1 amide bonds. The fraction of sp³-hybridized carbons (Fsp3) is 0.364. The van der Waals surface area contributed by atoms with Gasteiger partial charge in [0.25, 0.3) is 5.91 Å². The lowest BCUT2D eigenvalue weighted by atomic mass is 10.2. The Bertz CT molecular complexity index is 1210. The first-order valence-electron chi connectivity index (χ1n) is 10.3. The molecule has 1 aliphatic heterocycles. The monoisotopic (exact) mass is 442 g/mol. The topological polar surface area (TPSA) is 93.5 Å². The minimum atomic E-state index is -3.71. The summed E-state index contributed by atoms with van der Waals surface area (Å²) in [6.07, 6.45) is 1.67. The van der Waals surface area contributed by atoms with Crippen LogP contribution in [-0.2, 0) is 16.6 Å². The van der Waals surface area contributed by atoms with Crippen molar-refractivity contribution < 1.29 is 17.9 Å². The number of aryl methyl sites for hydroxylation is 1. The first-order chi connectivity index (χ1) is 14.9. The van der Waals surface area contributed by atoms with E-state index in [1.165, 1.54) is 23.5 Å². The number of carbonyl (C=O) groups is 1. The molecule has 2 heterocycles. The molecule has 3 aromatic rings. The number of methoxy groups -OCH3 is 1. The van der Waals surface area contributed by atoms with Gasteiger partial charge in [-0.3, -0.25) is 4.79 Å². The van der Waals surface area contributed by atoms with E-state index >= 15 is 0 Å². The van der Waals surface area contributed by atoms with Crippen molar-refractivity contribution in [2.45, 2.75) is 31.2 Å². The van der Waals surface area contributed by atoms with Crippen LogP contribution in [0, 0.1) is 6.92 Å². The largest absolute Gasteiger partial charge is 0.495 e. The molecule has 0 unspecified atom stereocenters. The van der Waals surface area contributed by atoms with Gasteiger partial charge in [-0.1, -0.05) is 12.1 Å². The average molecular weight is 443 g/mol. The fourth-order valence-electron chi connectivity index (χ4n) is 3.95. The van der Waals surface area contributed by atoms with Crippen molar-refractivity contribution in [1.82, 2.24) is 19.2 Å². The number of imidazole rings is 1. The van der Waals surface area contributed by atoms with E-state index in [1.54, 1.807) is 6.07 Å². The molecule has 8 nitrogen and oxygen atoms in total. The molecule has 164 valence electrons. The van der Waals surface area contributed by atoms with Crippen molar-refractivity contribution in [3.05, 3.63) is 53.9 Å². The van der Waals surface area contributed by atoms with Gasteiger partial charge in [0.05, 0.1) is 18.1 Å². The van der Waals surface area contributed by atoms with Gasteiger partial charge < -0.3 is 14.6 Å². The predicted molar refractivity (Wildman–Crippen MR) is 118 cm³/mol. The second-order valence-corrected chi connectivity index (χ2v) is 9.44. The summed E-state index contributed by atoms with van der Waals surface area (Å²) in [5, 5.41) is 2.88. The van der Waals surface area contributed by atoms with Crippen LogP contribution in [0.5, 0.6) is 5.75 Å². The van der Waals surface area contributed by atoms with Crippen molar-refractivity contribution in [3.8, 4) is 5.75 Å². The summed E-state index contributed by atoms with van der Waals surface area (Å²) in [7, 11) is -2.28. The minimum Gasteiger partial charge on any atom is -0.495 e. The smallest absolute Gasteiger partial charge is 0.251 e. The molecule has 9 heteroatoms. The van der Waals surface area contributed by atoms with Crippen LogP contribution in [-0.4, -0.2) is 54.9 Å². The third-order valence-electron chi connectivity index (χ3n) is 5.58. The Hall–Kier alpha value is -2.91. The minimum absolute atomic E-state index is 0.0287. The van der Waals surface area contributed by atoms with E-state index in [0.717, 1.165) is 29.7 Å². The van der Waals surface area contributed by atoms with Crippen LogP contribution < -0.4 is 10.1 Å². The third kappa shape index (κ3) is 4.15. The Kier molecular flexibility index (Phi) is 5.97. The molecule has 1 aliphatic rings. The second-order valence-electron chi connectivity index (χ2n) is 7.53. The molecule has 1 fully saturated rings. The Morgan fingerprint density at radius 2 is 1.90 bits per heavy atom. The molecule has 0 spiro atoms. The van der Waals surface area contributed by atoms with Gasteiger partial charge >= 0.3 is 0 Å². The van der Waals surface area contributed by atoms with Crippen LogP contribution in [0.4, 0.5) is 0 Å². The van der Waals surface area contributed by atoms with Crippen LogP contribution in [0.15, 0.2) is 47.4 Å². The maximum Gasteiger partial charge on any atom is 0.251 e. The number of rotatable bonds is 7. The molecule has 0 radical (unpaired) electrons. The Balaban J connectivity index is 1.50. The number of aromatic nitrogens is 2. The van der Waals surface area contributed by atoms with Crippen LogP contribution in [0.25, 0.3) is 11.0 Å². The average Bonchev–Trinajstić information content (AvgIpc) is 3.42. The van der Waals surface area contributed by atoms with Gasteiger partial charge in [-0.05, 0) is 50.1 Å². The zero-order chi connectivity index (χ0) is 22.0. The quantitative estimate of drug-likeness (QED) is 0.607. The van der Waals surface area contributed by atoms with Crippen molar-refractivity contribution >= 4 is 27.0 Å². The van der Waals surface area contributed by atoms with Gasteiger partial charge in [-0.15, -0.1) is 0 Å². The van der Waals surface area contributed by atoms with Crippen molar-refractivity contribution in [2.75, 3.05) is 26.7 Å². The maximum atomic E-state index is 13.0. The molecule has 31 heavy (non-hydrogen) atoms. The highest BCUT2D eigenvalue weighted by atomic mass is 32.2. The van der Waals surface area contributed by atoms with E-state index in [0.29, 0.717) is 26.2 Å². The first kappa shape index (κ1) is 21.3. The summed E-state index contributed by atoms with van der Waals surface area (Å²) in [6, 6.07) is 12.4. The highest BCUT2D eigenvalue weighted by molar-refractivity contribution is 7.89. The highest BCUT2D eigenvalue weighted by Gasteiger charge is 2.30. The predicted octanol–water partition coefficient (Wildman–Crippen LogP) is 2.57. The summed E-state index contributed by atoms with van der Waals surface area (Å²) < 4.78 is 34.8. The number of nitrogens with one attached hydrogen (secondary N) is 1. The van der Waals surface area contributed by atoms with Crippen molar-refractivity contribution in [2.24, 2.45) is 0 Å². The molecule has 1 saturated heterocycles. The third-order valence-corrected chi connectivity index (χ3v) is 7.49. The lowest BCUT2D eigenvalue weighted by molar-refractivity contribution is 0.0952. The molecule has 2 aromatic carbocycles. The number of carbonyl (C=O) groups excluding carboxylic acids is 1. The summed E-state index contributed by atoms with van der Waals surface area (Å²) >= 11 is 0. The zero-order valence-electron chi connectivity index (χ0n) is 17.7. The number of benzene rings is 2. The number of hydrogen-bond acceptors (Lipinski definition) is 5. The summed E-state index contributed by atoms with van der Waals surface area (Å²) in [5.41, 5.74) is 2.21. The standard InChI is InChI=1S/C22H26N4O4S/c1-16-24-18-7-3-4-8-19(18)26(16)14-11-23-22(27)17-9-10-20(30-2)21(15-17)31(28,29)25-12-5-6-13-25/h3-4,7-10,15H,5-6,11-14H2,1-2H3,(H,23,27). The Morgan fingerprint density at radius 3 is 2.65 bits per heavy atom. The highest BCUT2D eigenvalue weighted by Crippen LogP contribution is 2.29. The molecule has 0 saturated carbocycles. The molecule has 1 N–H and O–H groups in total. The number of amides is 1. The van der Waals surface area contributed by atoms with Gasteiger partial charge in [0, 0.05) is 31.7 Å². The van der Waals surface area contributed by atoms with Crippen molar-refractivity contribution in [1.29, 1.82) is 0 Å². The fourth-order valence-corrected chi connectivity index (χ4v) is 5.65. The van der Waals surface area contributed by atoms with E-state index in [9.17, 15) is 13.2 Å². The van der Waals surface area contributed by atoms with Gasteiger partial charge in [-0.25, -0.2) is 13.4 Å². The van der Waals surface area contributed by atoms with E-state index in [2.05, 4.69) is 10.3 Å². The van der Waals surface area contributed by atoms with E-state index < -0.39 is 10.0 Å². The summed E-state index contributed by atoms with van der Waals surface area (Å²) in [4.78, 5) is 17.3. The second kappa shape index (κ2) is 8.68. The molecule has 0 aliphatic carbocycles. The molecule has 1 aromatic heterocycles. The Morgan fingerprint density at radius 1 is 1.16 bits per heavy atom. The van der Waals surface area contributed by atoms with Crippen LogP contribution in [0.1, 0.15) is 29.0 Å². The number of hydrogen-bond donors (Lipinski definition) is 1. The molecule has 4 rings (SSSR count). The van der Waals surface area contributed by atoms with Gasteiger partial charge in [0.15, 0.2) is 0 Å². The van der Waals surface area contributed by atoms with E-state index in [4.69, 9.17) is 4.74 Å². The molecular weight excluding hydrogens is 416 g/mol. The van der Waals surface area contributed by atoms with E-state index in [1.807, 2.05) is 35.8 Å². The molecule has 0 bridgehead atoms. The molecule has 0 atom stereocenters. The van der Waals surface area contributed by atoms with Gasteiger partial charge in [0.1, 0.15) is 16.5 Å². The number of sulfonamides is 1. The van der Waals surface area contributed by atoms with Crippen LogP contribution in [0.2, 0.25) is 0 Å². The van der Waals surface area contributed by atoms with Crippen LogP contribution in [0.3, 0.4) is 0 Å². The van der Waals surface area contributed by atoms with Crippen molar-refractivity contribution in [3.63, 3.8) is 0 Å². The van der Waals surface area contributed by atoms with Crippen LogP contribution >= 0.6 is 0 Å². The summed E-state index contributed by atoms with van der Waals surface area (Å²) in [6.45, 7) is 3.86. The first-order valence-corrected chi connectivity index (χ1v) is 11.7.